The van der Waals surface area contributed by atoms with E-state index in [4.69, 9.17) is 14.2 Å². The summed E-state index contributed by atoms with van der Waals surface area (Å²) in [4.78, 5) is 36.7. The van der Waals surface area contributed by atoms with Crippen LogP contribution in [-0.4, -0.2) is 80.6 Å². The minimum atomic E-state index is -0.889. The highest BCUT2D eigenvalue weighted by Gasteiger charge is 2.31. The number of aliphatic carboxylic acids is 1. The molecule has 54 heavy (non-hydrogen) atoms. The third-order valence-corrected chi connectivity index (χ3v) is 8.56. The molecule has 0 radical (unpaired) electrons. The highest BCUT2D eigenvalue weighted by molar-refractivity contribution is 5.72. The standard InChI is InChI=1S/C46H75NO7/c1-6-8-10-12-14-15-16-17-18-19-20-21-22-23-24-25-26-27-28-29-31-33-35-37-45(49)54-42(40-52-39-38-43(46(50)51)47(3,4)5)41-53-44(48)36-34-32-30-13-11-9-7-2/h8,10,14-15,17-18,20-21,23-24,26-27,29,31,42-43H,6-7,9,11-13,16,19,22,25,28,30,32-41H2,1-5H3/p+1/b10-8+,15-14+,18-17+,21-20+,24-23+,27-26+,31-29+. The minimum Gasteiger partial charge on any atom is -0.477 e. The lowest BCUT2D eigenvalue weighted by molar-refractivity contribution is -0.887. The summed E-state index contributed by atoms with van der Waals surface area (Å²) in [5.74, 6) is -1.57. The maximum Gasteiger partial charge on any atom is 0.362 e. The number of likely N-dealkylation sites (N-methyl/N-ethyl adjacent to an activating group) is 1. The van der Waals surface area contributed by atoms with Crippen LogP contribution in [0.1, 0.15) is 136 Å². The van der Waals surface area contributed by atoms with Gasteiger partial charge < -0.3 is 23.8 Å². The summed E-state index contributed by atoms with van der Waals surface area (Å²) in [5.41, 5.74) is 0. The Morgan fingerprint density at radius 1 is 0.574 bits per heavy atom. The molecule has 0 aromatic carbocycles. The van der Waals surface area contributed by atoms with Crippen LogP contribution < -0.4 is 0 Å². The Labute approximate surface area is 329 Å². The number of hydrogen-bond donors (Lipinski definition) is 1. The average Bonchev–Trinajstić information content (AvgIpc) is 3.12. The summed E-state index contributed by atoms with van der Waals surface area (Å²) in [5, 5.41) is 9.58. The third-order valence-electron chi connectivity index (χ3n) is 8.56. The maximum atomic E-state index is 12.6. The maximum absolute atomic E-state index is 12.6. The Balaban J connectivity index is 4.41. The predicted molar refractivity (Wildman–Crippen MR) is 224 cm³/mol. The number of carboxylic acid groups (broad SMARTS) is 1. The lowest BCUT2D eigenvalue weighted by Gasteiger charge is -2.31. The van der Waals surface area contributed by atoms with Gasteiger partial charge in [-0.05, 0) is 64.2 Å². The molecule has 2 unspecified atom stereocenters. The molecule has 8 heteroatoms. The van der Waals surface area contributed by atoms with Gasteiger partial charge in [0.25, 0.3) is 0 Å². The van der Waals surface area contributed by atoms with Gasteiger partial charge >= 0.3 is 17.9 Å². The number of hydrogen-bond acceptors (Lipinski definition) is 6. The largest absolute Gasteiger partial charge is 0.477 e. The van der Waals surface area contributed by atoms with E-state index in [2.05, 4.69) is 98.9 Å². The molecule has 2 atom stereocenters. The van der Waals surface area contributed by atoms with Crippen molar-refractivity contribution in [2.24, 2.45) is 0 Å². The first-order chi connectivity index (χ1) is 26.1. The van der Waals surface area contributed by atoms with Crippen LogP contribution in [0.5, 0.6) is 0 Å². The molecule has 0 aliphatic rings. The van der Waals surface area contributed by atoms with E-state index in [0.717, 1.165) is 70.6 Å². The number of unbranched alkanes of at least 4 members (excludes halogenated alkanes) is 7. The third kappa shape index (κ3) is 34.3. The van der Waals surface area contributed by atoms with Gasteiger partial charge in [0, 0.05) is 19.3 Å². The van der Waals surface area contributed by atoms with E-state index >= 15 is 0 Å². The molecule has 0 aliphatic heterocycles. The lowest BCUT2D eigenvalue weighted by atomic mass is 10.1. The number of carboxylic acids is 1. The first kappa shape index (κ1) is 50.5. The summed E-state index contributed by atoms with van der Waals surface area (Å²) in [7, 11) is 5.48. The van der Waals surface area contributed by atoms with Crippen molar-refractivity contribution in [1.29, 1.82) is 0 Å². The lowest BCUT2D eigenvalue weighted by Crippen LogP contribution is -2.50. The highest BCUT2D eigenvalue weighted by atomic mass is 16.6. The number of carbonyl (C=O) groups excluding carboxylic acids is 2. The monoisotopic (exact) mass is 755 g/mol. The highest BCUT2D eigenvalue weighted by Crippen LogP contribution is 2.11. The molecular weight excluding hydrogens is 679 g/mol. The van der Waals surface area contributed by atoms with Crippen molar-refractivity contribution >= 4 is 17.9 Å². The van der Waals surface area contributed by atoms with Crippen molar-refractivity contribution in [1.82, 2.24) is 0 Å². The van der Waals surface area contributed by atoms with E-state index in [1.54, 1.807) is 0 Å². The number of carbonyl (C=O) groups is 3. The Hall–Kier alpha value is -3.49. The van der Waals surface area contributed by atoms with Gasteiger partial charge in [0.15, 0.2) is 12.1 Å². The molecule has 0 aliphatic carbocycles. The van der Waals surface area contributed by atoms with Crippen LogP contribution in [0.2, 0.25) is 0 Å². The summed E-state index contributed by atoms with van der Waals surface area (Å²) in [6, 6.07) is -0.627. The van der Waals surface area contributed by atoms with Gasteiger partial charge in [0.2, 0.25) is 0 Å². The van der Waals surface area contributed by atoms with Gasteiger partial charge in [-0.2, -0.15) is 0 Å². The van der Waals surface area contributed by atoms with Crippen LogP contribution in [0.3, 0.4) is 0 Å². The molecule has 1 N–H and O–H groups in total. The van der Waals surface area contributed by atoms with Gasteiger partial charge in [0.1, 0.15) is 6.61 Å². The zero-order valence-corrected chi connectivity index (χ0v) is 34.6. The molecule has 0 fully saturated rings. The first-order valence-electron chi connectivity index (χ1n) is 20.6. The summed E-state index contributed by atoms with van der Waals surface area (Å²) < 4.78 is 17.1. The van der Waals surface area contributed by atoms with Crippen LogP contribution in [0.4, 0.5) is 0 Å². The van der Waals surface area contributed by atoms with Crippen molar-refractivity contribution in [2.75, 3.05) is 41.0 Å². The van der Waals surface area contributed by atoms with Crippen LogP contribution >= 0.6 is 0 Å². The molecule has 306 valence electrons. The van der Waals surface area contributed by atoms with Crippen LogP contribution in [0.25, 0.3) is 0 Å². The van der Waals surface area contributed by atoms with E-state index in [9.17, 15) is 19.5 Å². The Morgan fingerprint density at radius 2 is 1.04 bits per heavy atom. The SMILES string of the molecule is CC/C=C/C/C=C/C/C=C/C/C=C/C/C=C/C/C=C/C/C=C/CCCC(=O)OC(COCCC(C(=O)O)[N+](C)(C)C)COC(=O)CCCCCCCCC. The van der Waals surface area contributed by atoms with Crippen molar-refractivity contribution in [2.45, 2.75) is 148 Å². The van der Waals surface area contributed by atoms with E-state index in [-0.39, 0.29) is 42.7 Å². The summed E-state index contributed by atoms with van der Waals surface area (Å²) >= 11 is 0. The number of rotatable bonds is 35. The molecule has 0 heterocycles. The molecule has 0 saturated heterocycles. The molecule has 0 bridgehead atoms. The second kappa shape index (κ2) is 36.5. The zero-order chi connectivity index (χ0) is 40.0. The van der Waals surface area contributed by atoms with Crippen molar-refractivity contribution in [3.8, 4) is 0 Å². The van der Waals surface area contributed by atoms with Crippen LogP contribution in [0.15, 0.2) is 85.1 Å². The fourth-order valence-electron chi connectivity index (χ4n) is 5.37. The van der Waals surface area contributed by atoms with Gasteiger partial charge in [-0.1, -0.05) is 137 Å². The van der Waals surface area contributed by atoms with Crippen molar-refractivity contribution < 1.29 is 38.2 Å². The molecule has 0 saturated carbocycles. The zero-order valence-electron chi connectivity index (χ0n) is 34.6. The van der Waals surface area contributed by atoms with E-state index in [0.29, 0.717) is 19.3 Å². The number of quaternary nitrogens is 1. The summed E-state index contributed by atoms with van der Waals surface area (Å²) in [6.07, 6.45) is 46.5. The molecule has 0 aromatic rings. The van der Waals surface area contributed by atoms with Crippen LogP contribution in [0, 0.1) is 0 Å². The van der Waals surface area contributed by atoms with Crippen LogP contribution in [-0.2, 0) is 28.6 Å². The Kier molecular flexibility index (Phi) is 34.1. The second-order valence-electron chi connectivity index (χ2n) is 14.5. The Bertz CT molecular complexity index is 1160. The fourth-order valence-corrected chi connectivity index (χ4v) is 5.37. The quantitative estimate of drug-likeness (QED) is 0.0298. The molecular formula is C46H76NO7+. The van der Waals surface area contributed by atoms with E-state index in [1.807, 2.05) is 21.1 Å². The summed E-state index contributed by atoms with van der Waals surface area (Å²) in [6.45, 7) is 4.48. The Morgan fingerprint density at radius 3 is 1.52 bits per heavy atom. The topological polar surface area (TPSA) is 99.1 Å². The average molecular weight is 755 g/mol. The fraction of sp³-hybridized carbons (Fsp3) is 0.630. The number of nitrogens with zero attached hydrogens (tertiary/aromatic N) is 1. The minimum absolute atomic E-state index is 0.0335. The first-order valence-corrected chi connectivity index (χ1v) is 20.6. The van der Waals surface area contributed by atoms with Gasteiger partial charge in [-0.3, -0.25) is 9.59 Å². The number of esters is 2. The van der Waals surface area contributed by atoms with Gasteiger partial charge in [-0.25, -0.2) is 4.79 Å². The molecule has 0 spiro atoms. The molecule has 0 amide bonds. The van der Waals surface area contributed by atoms with Crippen molar-refractivity contribution in [3.05, 3.63) is 85.1 Å². The molecule has 0 aromatic heterocycles. The van der Waals surface area contributed by atoms with Gasteiger partial charge in [-0.15, -0.1) is 0 Å². The predicted octanol–water partition coefficient (Wildman–Crippen LogP) is 11.0. The smallest absolute Gasteiger partial charge is 0.362 e. The normalized spacial score (nSPS) is 13.9. The van der Waals surface area contributed by atoms with E-state index < -0.39 is 18.1 Å². The van der Waals surface area contributed by atoms with Gasteiger partial charge in [0.05, 0.1) is 34.4 Å². The molecule has 8 nitrogen and oxygen atoms in total. The number of ether oxygens (including phenoxy) is 3. The second-order valence-corrected chi connectivity index (χ2v) is 14.5. The van der Waals surface area contributed by atoms with Crippen molar-refractivity contribution in [3.63, 3.8) is 0 Å². The van der Waals surface area contributed by atoms with E-state index in [1.165, 1.54) is 25.7 Å². The number of allylic oxidation sites excluding steroid dienone is 14. The molecule has 0 rings (SSSR count).